The summed E-state index contributed by atoms with van der Waals surface area (Å²) in [6, 6.07) is -4.08. The molecule has 24 N–H and O–H groups in total. The van der Waals surface area contributed by atoms with Crippen LogP contribution in [0.4, 0.5) is 5.82 Å². The van der Waals surface area contributed by atoms with E-state index in [0.717, 1.165) is 25.7 Å². The lowest BCUT2D eigenvalue weighted by atomic mass is 9.97. The third kappa shape index (κ3) is 42.8. The largest absolute Gasteiger partial charge is 0.472 e. The fraction of sp³-hybridized carbons (Fsp3) is 0.818. The Morgan fingerprint density at radius 3 is 1.18 bits per heavy atom. The van der Waals surface area contributed by atoms with Crippen molar-refractivity contribution in [2.45, 2.75) is 322 Å². The number of hydrogen-bond acceptors (Lipinski definition) is 39. The van der Waals surface area contributed by atoms with E-state index in [0.29, 0.717) is 94.6 Å². The number of ether oxygens (including phenoxy) is 10. The van der Waals surface area contributed by atoms with Gasteiger partial charge in [-0.2, -0.15) is 0 Å². The van der Waals surface area contributed by atoms with Crippen LogP contribution in [0.2, 0.25) is 0 Å². The quantitative estimate of drug-likeness (QED) is 0.0217. The molecule has 0 aliphatic carbocycles. The van der Waals surface area contributed by atoms with E-state index in [1.807, 2.05) is 0 Å². The first-order valence-corrected chi connectivity index (χ1v) is 50.1. The lowest BCUT2D eigenvalue weighted by Gasteiger charge is -2.42. The van der Waals surface area contributed by atoms with Crippen LogP contribution in [0, 0.1) is 0 Å². The predicted octanol–water partition coefficient (Wildman–Crippen LogP) is -5.61. The van der Waals surface area contributed by atoms with Gasteiger partial charge in [0, 0.05) is 144 Å². The van der Waals surface area contributed by atoms with Gasteiger partial charge in [0.05, 0.1) is 91.1 Å². The molecule has 11 amide bonds. The Kier molecular flexibility index (Phi) is 54.9. The average molecular weight is 2040 g/mol. The Bertz CT molecular complexity index is 3920. The second kappa shape index (κ2) is 64.6. The van der Waals surface area contributed by atoms with Crippen molar-refractivity contribution in [2.24, 2.45) is 0 Å². The van der Waals surface area contributed by atoms with E-state index < -0.39 is 210 Å². The van der Waals surface area contributed by atoms with Crippen molar-refractivity contribution in [3.05, 3.63) is 12.7 Å². The highest BCUT2D eigenvalue weighted by molar-refractivity contribution is 7.47. The van der Waals surface area contributed by atoms with E-state index >= 15 is 0 Å². The second-order valence-corrected chi connectivity index (χ2v) is 37.0. The van der Waals surface area contributed by atoms with Crippen LogP contribution in [-0.2, 0) is 114 Å². The molecule has 2 aromatic heterocycles. The molecular weight excluding hydrogens is 1890 g/mol. The van der Waals surface area contributed by atoms with E-state index in [1.165, 1.54) is 38.3 Å². The molecule has 53 heteroatoms. The number of carbonyl (C=O) groups is 11. The molecule has 7 rings (SSSR count). The second-order valence-electron chi connectivity index (χ2n) is 35.6. The van der Waals surface area contributed by atoms with Gasteiger partial charge in [-0.1, -0.05) is 38.5 Å². The van der Waals surface area contributed by atoms with Crippen LogP contribution >= 0.6 is 7.82 Å². The summed E-state index contributed by atoms with van der Waals surface area (Å²) in [5, 5.41) is 139. The number of nitrogens with one attached hydrogen (secondary N) is 10. The van der Waals surface area contributed by atoms with Gasteiger partial charge in [0.2, 0.25) is 65.0 Å². The Hall–Kier alpha value is -8.21. The smallest absolute Gasteiger partial charge is 0.394 e. The number of carbonyl (C=O) groups excluding carboxylic acids is 11. The maximum absolute atomic E-state index is 14.2. The standard InChI is InChI=1S/C88H151N16O36P/c1-54(109)99-73-80(124)77(121)61(45-106)137-85(73)132-35-15-12-21-64(113)90-29-18-32-93-67(116)26-38-129-49-88(50-130-39-27-68(117)94-33-19-30-91-65(114)22-13-16-36-133-86-74(100-55(2)110)81(125)78(122)62(46-107)138-86,51-131-40-28-69(118)95-34-20-31-92-66(115)23-14-17-37-134-87-75(101-56(3)111)82(126)79(123)63(47-108)139-87)102-70(119)24-10-8-6-4-5-7-9-11-25-71(120)103-43-58(112)41-57(103)48-135-141(127,128)140-59-42-72(136-60(59)44-105)104-53-98-76-83(89)96-52-97-84(76)104/h52-53,57-63,72-75,77-82,85-87,105-108,112,121-126H,4-51H2,1-3H3,(H,90,113)(H,91,114)(H,92,115)(H,93,116)(H,94,117)(H,95,118)(H,99,109)(H,100,110)(H,101,111)(H,102,119)(H,127,128)(H2,89,96,97)/t57-,58+,59-,60+,61+,62+,63+,72+,73+,74+,75+,77-,78-,79-,80+,81+,82+,85+,86?,87?,88?/m0/s1. The molecule has 21 atom stereocenters. The number of aromatic nitrogens is 4. The van der Waals surface area contributed by atoms with Gasteiger partial charge in [0.25, 0.3) is 0 Å². The minimum absolute atomic E-state index is 0.00218. The van der Waals surface area contributed by atoms with Gasteiger partial charge in [-0.25, -0.2) is 19.5 Å². The van der Waals surface area contributed by atoms with Crippen molar-refractivity contribution in [2.75, 3.05) is 144 Å². The van der Waals surface area contributed by atoms with E-state index in [4.69, 9.17) is 62.1 Å². The van der Waals surface area contributed by atoms with Crippen LogP contribution < -0.4 is 58.9 Å². The highest BCUT2D eigenvalue weighted by Crippen LogP contribution is 2.49. The average Bonchev–Trinajstić information content (AvgIpc) is 1.61. The van der Waals surface area contributed by atoms with Crippen molar-refractivity contribution in [1.29, 1.82) is 0 Å². The van der Waals surface area contributed by atoms with E-state index in [-0.39, 0.29) is 199 Å². The fourth-order valence-corrected chi connectivity index (χ4v) is 17.4. The Labute approximate surface area is 817 Å². The van der Waals surface area contributed by atoms with Crippen molar-refractivity contribution < 1.29 is 175 Å². The SMILES string of the molecule is CC(=O)N[C@H]1[C@H](OCCCCC(=O)NCCCNC(=O)CCOCC(COCCC(=O)NCCCNC(=O)CCCCOC2O[C@H](CO)[C@H](O)[C@H](O)[C@H]2NC(C)=O)(COCCC(=O)NCCCNC(=O)CCCCOC2O[C@H](CO)[C@H](O)[C@H](O)[C@H]2NC(C)=O)NC(=O)CCCCCCCCCCC(=O)N2C[C@H](O)C[C@H]2COP(=O)(O)O[C@H]2C[C@H](n3cnc4c(N)ncnc43)O[C@@H]2CO)O[C@H](CO)[C@H](O)[C@@H]1O. The van der Waals surface area contributed by atoms with Crippen molar-refractivity contribution in [3.63, 3.8) is 0 Å². The maximum atomic E-state index is 14.2. The van der Waals surface area contributed by atoms with Gasteiger partial charge in [0.15, 0.2) is 30.3 Å². The van der Waals surface area contributed by atoms with Gasteiger partial charge in [-0.05, 0) is 77.0 Å². The molecule has 3 unspecified atom stereocenters. The minimum atomic E-state index is -4.82. The van der Waals surface area contributed by atoms with Crippen molar-refractivity contribution >= 4 is 89.8 Å². The summed E-state index contributed by atoms with van der Waals surface area (Å²) >= 11 is 0. The molecular formula is C88H151N16O36P. The maximum Gasteiger partial charge on any atom is 0.472 e. The molecule has 5 aliphatic rings. The molecule has 7 heterocycles. The number of nitrogens with two attached hydrogens (primary N) is 1. The third-order valence-electron chi connectivity index (χ3n) is 24.0. The Morgan fingerprint density at radius 1 is 0.440 bits per heavy atom. The molecule has 0 saturated carbocycles. The van der Waals surface area contributed by atoms with Gasteiger partial charge < -0.3 is 172 Å². The molecule has 5 fully saturated rings. The molecule has 0 spiro atoms. The van der Waals surface area contributed by atoms with Crippen molar-refractivity contribution in [1.82, 2.24) is 77.6 Å². The number of phosphoric acid groups is 1. The number of likely N-dealkylation sites (tertiary alicyclic amines) is 1. The number of amides is 11. The van der Waals surface area contributed by atoms with Crippen LogP contribution in [0.1, 0.15) is 200 Å². The zero-order valence-electron chi connectivity index (χ0n) is 80.6. The van der Waals surface area contributed by atoms with Crippen LogP contribution in [0.25, 0.3) is 11.2 Å². The summed E-state index contributed by atoms with van der Waals surface area (Å²) < 4.78 is 84.1. The van der Waals surface area contributed by atoms with Gasteiger partial charge in [-0.15, -0.1) is 0 Å². The van der Waals surface area contributed by atoms with Crippen LogP contribution in [-0.4, -0.2) is 411 Å². The van der Waals surface area contributed by atoms with Crippen LogP contribution in [0.3, 0.4) is 0 Å². The zero-order valence-corrected chi connectivity index (χ0v) is 81.5. The molecule has 52 nitrogen and oxygen atoms in total. The summed E-state index contributed by atoms with van der Waals surface area (Å²) in [5.41, 5.74) is 5.10. The van der Waals surface area contributed by atoms with E-state index in [9.17, 15) is 118 Å². The first kappa shape index (κ1) is 120. The number of unbranched alkanes of at least 4 members (excludes halogenated alkanes) is 10. The highest BCUT2D eigenvalue weighted by atomic mass is 31.2. The Balaban J connectivity index is 0.879. The molecule has 141 heavy (non-hydrogen) atoms. The number of hydrogen-bond donors (Lipinski definition) is 23. The summed E-state index contributed by atoms with van der Waals surface area (Å²) in [6.45, 7) is 0.784. The third-order valence-corrected chi connectivity index (χ3v) is 25.0. The van der Waals surface area contributed by atoms with Gasteiger partial charge in [0.1, 0.15) is 109 Å². The molecule has 5 saturated heterocycles. The van der Waals surface area contributed by atoms with Crippen molar-refractivity contribution in [3.8, 4) is 0 Å². The molecule has 804 valence electrons. The molecule has 0 aromatic carbocycles. The topological polar surface area (TPSA) is 752 Å². The summed E-state index contributed by atoms with van der Waals surface area (Å²) in [6.07, 6.45) is -8.09. The van der Waals surface area contributed by atoms with Gasteiger partial charge >= 0.3 is 7.82 Å². The number of nitrogen functional groups attached to an aromatic ring is 1. The van der Waals surface area contributed by atoms with E-state index in [1.54, 1.807) is 4.57 Å². The number of imidazole rings is 1. The predicted molar refractivity (Wildman–Crippen MR) is 493 cm³/mol. The molecule has 2 aromatic rings. The van der Waals surface area contributed by atoms with Crippen LogP contribution in [0.15, 0.2) is 12.7 Å². The lowest BCUT2D eigenvalue weighted by molar-refractivity contribution is -0.270. The minimum Gasteiger partial charge on any atom is -0.394 e. The lowest BCUT2D eigenvalue weighted by Crippen LogP contribution is -2.64. The fourth-order valence-electron chi connectivity index (χ4n) is 16.4. The molecule has 0 radical (unpaired) electrons. The number of phosphoric ester groups is 1. The Morgan fingerprint density at radius 2 is 0.801 bits per heavy atom. The van der Waals surface area contributed by atoms with E-state index in [2.05, 4.69) is 68.1 Å². The zero-order chi connectivity index (χ0) is 103. The number of fused-ring (bicyclic) bond motifs is 1. The highest BCUT2D eigenvalue weighted by Gasteiger charge is 2.50. The number of rotatable bonds is 70. The molecule has 5 aliphatic heterocycles. The first-order chi connectivity index (χ1) is 67.6. The monoisotopic (exact) mass is 2040 g/mol. The number of aliphatic hydroxyl groups excluding tert-OH is 11. The number of nitrogens with zero attached hydrogens (tertiary/aromatic N) is 5. The summed E-state index contributed by atoms with van der Waals surface area (Å²) in [7, 11) is -4.82. The van der Waals surface area contributed by atoms with Gasteiger partial charge in [-0.3, -0.25) is 66.4 Å². The number of anilines is 1. The normalized spacial score (nSPS) is 25.9. The number of aliphatic hydroxyl groups is 11. The summed E-state index contributed by atoms with van der Waals surface area (Å²) in [4.78, 5) is 166. The van der Waals surface area contributed by atoms with Crippen LogP contribution in [0.5, 0.6) is 0 Å². The molecule has 0 bridgehead atoms. The first-order valence-electron chi connectivity index (χ1n) is 48.6. The number of β-amino-alcohol motifs (C(OH)–C–C–N with tert-alkyl or cyclic N) is 1. The summed E-state index contributed by atoms with van der Waals surface area (Å²) in [5.74, 6) is -4.11.